The van der Waals surface area contributed by atoms with Crippen LogP contribution in [0.4, 0.5) is 5.69 Å². The molecule has 0 spiro atoms. The number of anilines is 1. The third kappa shape index (κ3) is 4.98. The molecular formula is C19H19N3O4. The number of methoxy groups -OCH3 is 2. The normalized spacial score (nSPS) is 9.73. The minimum atomic E-state index is -0.398. The number of nitrogens with one attached hydrogen (secondary N) is 2. The second-order valence-corrected chi connectivity index (χ2v) is 5.33. The van der Waals surface area contributed by atoms with Crippen LogP contribution in [0.1, 0.15) is 15.9 Å². The summed E-state index contributed by atoms with van der Waals surface area (Å²) in [6, 6.07) is 13.8. The van der Waals surface area contributed by atoms with Crippen LogP contribution in [-0.2, 0) is 11.2 Å². The van der Waals surface area contributed by atoms with Crippen molar-refractivity contribution in [1.82, 2.24) is 5.32 Å². The fourth-order valence-corrected chi connectivity index (χ4v) is 2.24. The lowest BCUT2D eigenvalue weighted by Crippen LogP contribution is -2.32. The number of ether oxygens (including phenoxy) is 2. The summed E-state index contributed by atoms with van der Waals surface area (Å²) in [4.78, 5) is 24.1. The molecule has 2 amide bonds. The summed E-state index contributed by atoms with van der Waals surface area (Å²) in [7, 11) is 2.99. The van der Waals surface area contributed by atoms with E-state index in [9.17, 15) is 9.59 Å². The van der Waals surface area contributed by atoms with Gasteiger partial charge in [-0.1, -0.05) is 12.1 Å². The Morgan fingerprint density at radius 3 is 2.35 bits per heavy atom. The molecule has 0 aromatic heterocycles. The van der Waals surface area contributed by atoms with Crippen molar-refractivity contribution in [3.63, 3.8) is 0 Å². The molecule has 2 aromatic carbocycles. The van der Waals surface area contributed by atoms with Crippen LogP contribution < -0.4 is 20.1 Å². The largest absolute Gasteiger partial charge is 0.493 e. The minimum Gasteiger partial charge on any atom is -0.493 e. The lowest BCUT2D eigenvalue weighted by molar-refractivity contribution is -0.115. The van der Waals surface area contributed by atoms with Gasteiger partial charge in [-0.25, -0.2) is 0 Å². The van der Waals surface area contributed by atoms with E-state index >= 15 is 0 Å². The Kier molecular flexibility index (Phi) is 6.57. The van der Waals surface area contributed by atoms with Crippen LogP contribution in [0.15, 0.2) is 42.5 Å². The van der Waals surface area contributed by atoms with Crippen molar-refractivity contribution in [3.05, 3.63) is 53.6 Å². The molecule has 2 N–H and O–H groups in total. The highest BCUT2D eigenvalue weighted by Gasteiger charge is 2.12. The number of hydrogen-bond acceptors (Lipinski definition) is 5. The average molecular weight is 353 g/mol. The highest BCUT2D eigenvalue weighted by molar-refractivity contribution is 5.99. The zero-order chi connectivity index (χ0) is 18.9. The first-order chi connectivity index (χ1) is 12.6. The molecule has 0 heterocycles. The summed E-state index contributed by atoms with van der Waals surface area (Å²) in [5.41, 5.74) is 1.82. The average Bonchev–Trinajstić information content (AvgIpc) is 2.67. The van der Waals surface area contributed by atoms with Crippen LogP contribution >= 0.6 is 0 Å². The van der Waals surface area contributed by atoms with Crippen LogP contribution in [0.5, 0.6) is 11.5 Å². The van der Waals surface area contributed by atoms with Crippen LogP contribution in [0.3, 0.4) is 0 Å². The molecule has 0 saturated heterocycles. The summed E-state index contributed by atoms with van der Waals surface area (Å²) in [5.74, 6) is 0.195. The maximum Gasteiger partial charge on any atom is 0.251 e. The van der Waals surface area contributed by atoms with Gasteiger partial charge >= 0.3 is 0 Å². The molecule has 0 radical (unpaired) electrons. The molecule has 0 atom stereocenters. The summed E-state index contributed by atoms with van der Waals surface area (Å²) < 4.78 is 10.3. The maximum absolute atomic E-state index is 12.2. The third-order valence-corrected chi connectivity index (χ3v) is 3.58. The Bertz CT molecular complexity index is 826. The first kappa shape index (κ1) is 18.8. The van der Waals surface area contributed by atoms with E-state index in [0.717, 1.165) is 5.56 Å². The van der Waals surface area contributed by atoms with Crippen molar-refractivity contribution in [2.75, 3.05) is 26.1 Å². The fraction of sp³-hybridized carbons (Fsp3) is 0.211. The molecule has 0 fully saturated rings. The molecule has 134 valence electrons. The molecular weight excluding hydrogens is 334 g/mol. The van der Waals surface area contributed by atoms with Gasteiger partial charge in [-0.15, -0.1) is 0 Å². The number of amides is 2. The molecule has 0 aliphatic rings. The molecule has 2 aromatic rings. The maximum atomic E-state index is 12.2. The highest BCUT2D eigenvalue weighted by atomic mass is 16.5. The van der Waals surface area contributed by atoms with Crippen LogP contribution in [0, 0.1) is 11.3 Å². The predicted molar refractivity (Wildman–Crippen MR) is 96.3 cm³/mol. The van der Waals surface area contributed by atoms with E-state index in [2.05, 4.69) is 16.7 Å². The van der Waals surface area contributed by atoms with Gasteiger partial charge in [0.05, 0.1) is 33.3 Å². The smallest absolute Gasteiger partial charge is 0.251 e. The summed E-state index contributed by atoms with van der Waals surface area (Å²) in [6.07, 6.45) is 0.315. The van der Waals surface area contributed by atoms with Gasteiger partial charge in [0.25, 0.3) is 5.91 Å². The number of nitrogens with zero attached hydrogens (tertiary/aromatic N) is 1. The first-order valence-electron chi connectivity index (χ1n) is 7.83. The van der Waals surface area contributed by atoms with E-state index < -0.39 is 5.91 Å². The quantitative estimate of drug-likeness (QED) is 0.794. The van der Waals surface area contributed by atoms with E-state index in [1.54, 1.807) is 42.5 Å². The van der Waals surface area contributed by atoms with E-state index in [4.69, 9.17) is 14.7 Å². The van der Waals surface area contributed by atoms with Gasteiger partial charge in [0.2, 0.25) is 5.91 Å². The van der Waals surface area contributed by atoms with Crippen molar-refractivity contribution in [2.24, 2.45) is 0 Å². The van der Waals surface area contributed by atoms with Crippen molar-refractivity contribution >= 4 is 17.5 Å². The molecule has 2 rings (SSSR count). The van der Waals surface area contributed by atoms with Crippen molar-refractivity contribution in [3.8, 4) is 17.6 Å². The fourth-order valence-electron chi connectivity index (χ4n) is 2.24. The minimum absolute atomic E-state index is 0.173. The van der Waals surface area contributed by atoms with Gasteiger partial charge in [-0.3, -0.25) is 9.59 Å². The second-order valence-electron chi connectivity index (χ2n) is 5.33. The first-order valence-corrected chi connectivity index (χ1v) is 7.83. The van der Waals surface area contributed by atoms with E-state index in [1.165, 1.54) is 14.2 Å². The molecule has 7 heteroatoms. The van der Waals surface area contributed by atoms with Crippen molar-refractivity contribution < 1.29 is 19.1 Å². The van der Waals surface area contributed by atoms with Crippen LogP contribution in [0.2, 0.25) is 0 Å². The molecule has 26 heavy (non-hydrogen) atoms. The Balaban J connectivity index is 1.90. The summed E-state index contributed by atoms with van der Waals surface area (Å²) in [5, 5.41) is 13.9. The summed E-state index contributed by atoms with van der Waals surface area (Å²) in [6.45, 7) is -0.173. The second kappa shape index (κ2) is 9.08. The van der Waals surface area contributed by atoms with Gasteiger partial charge in [-0.2, -0.15) is 5.26 Å². The predicted octanol–water partition coefficient (Wildman–Crippen LogP) is 2.14. The molecule has 0 aliphatic heterocycles. The monoisotopic (exact) mass is 353 g/mol. The van der Waals surface area contributed by atoms with E-state index in [-0.39, 0.29) is 12.5 Å². The highest BCUT2D eigenvalue weighted by Crippen LogP contribution is 2.27. The standard InChI is InChI=1S/C19H19N3O4/c1-25-16-8-5-14(11-17(16)26-2)19(24)21-12-18(23)22-15-6-3-13(4-7-15)9-10-20/h3-8,11H,9,12H2,1-2H3,(H,21,24)(H,22,23). The van der Waals surface area contributed by atoms with Crippen LogP contribution in [0.25, 0.3) is 0 Å². The van der Waals surface area contributed by atoms with Gasteiger partial charge in [0.1, 0.15) is 0 Å². The SMILES string of the molecule is COc1ccc(C(=O)NCC(=O)Nc2ccc(CC#N)cc2)cc1OC. The molecule has 0 saturated carbocycles. The summed E-state index contributed by atoms with van der Waals surface area (Å²) >= 11 is 0. The van der Waals surface area contributed by atoms with Gasteiger partial charge < -0.3 is 20.1 Å². The zero-order valence-corrected chi connectivity index (χ0v) is 14.5. The molecule has 0 unspecified atom stereocenters. The van der Waals surface area contributed by atoms with Crippen molar-refractivity contribution in [2.45, 2.75) is 6.42 Å². The molecule has 0 aliphatic carbocycles. The Labute approximate surface area is 151 Å². The van der Waals surface area contributed by atoms with Gasteiger partial charge in [0.15, 0.2) is 11.5 Å². The molecule has 7 nitrogen and oxygen atoms in total. The van der Waals surface area contributed by atoms with Gasteiger partial charge in [-0.05, 0) is 35.9 Å². The Morgan fingerprint density at radius 2 is 1.73 bits per heavy atom. The van der Waals surface area contributed by atoms with Crippen molar-refractivity contribution in [1.29, 1.82) is 5.26 Å². The van der Waals surface area contributed by atoms with Crippen LogP contribution in [-0.4, -0.2) is 32.6 Å². The topological polar surface area (TPSA) is 100 Å². The Hall–Kier alpha value is -3.53. The number of rotatable bonds is 7. The zero-order valence-electron chi connectivity index (χ0n) is 14.5. The Morgan fingerprint density at radius 1 is 1.04 bits per heavy atom. The third-order valence-electron chi connectivity index (χ3n) is 3.58. The van der Waals surface area contributed by atoms with E-state index in [0.29, 0.717) is 29.2 Å². The molecule has 0 bridgehead atoms. The number of benzene rings is 2. The van der Waals surface area contributed by atoms with Gasteiger partial charge in [0, 0.05) is 11.3 Å². The number of carbonyl (C=O) groups is 2. The number of hydrogen-bond donors (Lipinski definition) is 2. The number of nitriles is 1. The lowest BCUT2D eigenvalue weighted by Gasteiger charge is -2.10. The van der Waals surface area contributed by atoms with E-state index in [1.807, 2.05) is 0 Å². The lowest BCUT2D eigenvalue weighted by atomic mass is 10.1. The number of carbonyl (C=O) groups excluding carboxylic acids is 2.